The molecule has 33 heavy (non-hydrogen) atoms. The summed E-state index contributed by atoms with van der Waals surface area (Å²) >= 11 is 0. The fraction of sp³-hybridized carbons (Fsp3) is 0.609. The zero-order valence-corrected chi connectivity index (χ0v) is 19.1. The Hall–Kier alpha value is -2.80. The highest BCUT2D eigenvalue weighted by molar-refractivity contribution is 5.83. The summed E-state index contributed by atoms with van der Waals surface area (Å²) in [5.74, 6) is -0.575. The van der Waals surface area contributed by atoms with Crippen LogP contribution in [-0.2, 0) is 20.5 Å². The molecule has 1 unspecified atom stereocenters. The maximum Gasteiger partial charge on any atom is 0.417 e. The van der Waals surface area contributed by atoms with Gasteiger partial charge in [0.2, 0.25) is 11.8 Å². The first-order chi connectivity index (χ1) is 15.5. The van der Waals surface area contributed by atoms with Gasteiger partial charge < -0.3 is 19.4 Å². The molecular weight excluding hydrogens is 437 g/mol. The van der Waals surface area contributed by atoms with E-state index in [9.17, 15) is 22.8 Å². The van der Waals surface area contributed by atoms with Gasteiger partial charge in [-0.1, -0.05) is 0 Å². The molecule has 1 spiro atoms. The van der Waals surface area contributed by atoms with E-state index in [1.54, 1.807) is 32.0 Å². The molecule has 0 saturated carbocycles. The largest absolute Gasteiger partial charge is 0.417 e. The molecule has 0 aliphatic carbocycles. The third-order valence-electron chi connectivity index (χ3n) is 6.72. The lowest BCUT2D eigenvalue weighted by Gasteiger charge is -2.43. The Kier molecular flexibility index (Phi) is 7.22. The van der Waals surface area contributed by atoms with Crippen LogP contribution in [0.15, 0.2) is 18.2 Å². The highest BCUT2D eigenvalue weighted by atomic mass is 19.4. The summed E-state index contributed by atoms with van der Waals surface area (Å²) in [6.45, 7) is 3.84. The average molecular weight is 467 g/mol. The summed E-state index contributed by atoms with van der Waals surface area (Å²) in [5.41, 5.74) is -1.39. The molecule has 0 bridgehead atoms. The van der Waals surface area contributed by atoms with Crippen LogP contribution in [0, 0.1) is 22.7 Å². The van der Waals surface area contributed by atoms with E-state index in [1.165, 1.54) is 17.0 Å². The predicted octanol–water partition coefficient (Wildman–Crippen LogP) is 2.75. The quantitative estimate of drug-likeness (QED) is 0.667. The third kappa shape index (κ3) is 5.08. The molecule has 7 nitrogen and oxygen atoms in total. The second-order valence-electron chi connectivity index (χ2n) is 8.89. The lowest BCUT2D eigenvalue weighted by molar-refractivity contribution is -0.138. The molecule has 1 aromatic carbocycles. The van der Waals surface area contributed by atoms with Gasteiger partial charge in [-0.05, 0) is 38.0 Å². The average Bonchev–Trinajstić information content (AvgIpc) is 3.15. The second-order valence-corrected chi connectivity index (χ2v) is 8.89. The molecule has 0 radical (unpaired) electrons. The van der Waals surface area contributed by atoms with Crippen molar-refractivity contribution in [2.45, 2.75) is 25.9 Å². The van der Waals surface area contributed by atoms with Crippen LogP contribution in [0.5, 0.6) is 0 Å². The number of benzene rings is 1. The number of carbonyl (C=O) groups is 2. The molecule has 10 heteroatoms. The molecule has 2 aliphatic rings. The number of nitriles is 1. The van der Waals surface area contributed by atoms with Gasteiger partial charge in [-0.2, -0.15) is 18.4 Å². The highest BCUT2D eigenvalue weighted by Crippen LogP contribution is 2.46. The summed E-state index contributed by atoms with van der Waals surface area (Å²) in [5, 5.41) is 9.03. The standard InChI is InChI=1S/C23H29F3N4O3/c1-4-33-14-20(31)30-13-19(21(32)28(2)3)22(15-30)7-9-29(10-8-22)17-6-5-16(12-27)18(11-17)23(24,25)26/h5-6,11,19H,4,7-10,13-15H2,1-3H3. The molecule has 0 aromatic heterocycles. The van der Waals surface area contributed by atoms with E-state index in [2.05, 4.69) is 0 Å². The van der Waals surface area contributed by atoms with Gasteiger partial charge in [0.15, 0.2) is 0 Å². The number of carbonyl (C=O) groups excluding carboxylic acids is 2. The molecule has 2 fully saturated rings. The van der Waals surface area contributed by atoms with Gasteiger partial charge in [-0.25, -0.2) is 0 Å². The van der Waals surface area contributed by atoms with Gasteiger partial charge in [0.25, 0.3) is 0 Å². The smallest absolute Gasteiger partial charge is 0.372 e. The first kappa shape index (κ1) is 24.8. The number of halogens is 3. The Morgan fingerprint density at radius 2 is 1.94 bits per heavy atom. The summed E-state index contributed by atoms with van der Waals surface area (Å²) in [6.07, 6.45) is -3.48. The van der Waals surface area contributed by atoms with E-state index in [1.807, 2.05) is 4.90 Å². The predicted molar refractivity (Wildman–Crippen MR) is 115 cm³/mol. The number of hydrogen-bond acceptors (Lipinski definition) is 5. The summed E-state index contributed by atoms with van der Waals surface area (Å²) in [7, 11) is 3.37. The minimum atomic E-state index is -4.62. The number of likely N-dealkylation sites (tertiary alicyclic amines) is 1. The van der Waals surface area contributed by atoms with E-state index in [4.69, 9.17) is 10.00 Å². The Balaban J connectivity index is 1.81. The van der Waals surface area contributed by atoms with E-state index in [-0.39, 0.29) is 24.3 Å². The van der Waals surface area contributed by atoms with Crippen LogP contribution in [0.4, 0.5) is 18.9 Å². The topological polar surface area (TPSA) is 76.9 Å². The molecule has 1 atom stereocenters. The van der Waals surface area contributed by atoms with Crippen molar-refractivity contribution in [1.82, 2.24) is 9.80 Å². The van der Waals surface area contributed by atoms with Crippen LogP contribution < -0.4 is 4.90 Å². The van der Waals surface area contributed by atoms with Crippen LogP contribution in [0.25, 0.3) is 0 Å². The van der Waals surface area contributed by atoms with Crippen LogP contribution in [-0.4, -0.2) is 75.1 Å². The molecular formula is C23H29F3N4O3. The van der Waals surface area contributed by atoms with Crippen molar-refractivity contribution in [3.05, 3.63) is 29.3 Å². The lowest BCUT2D eigenvalue weighted by atomic mass is 9.70. The molecule has 3 rings (SSSR count). The number of nitrogens with zero attached hydrogens (tertiary/aromatic N) is 4. The minimum absolute atomic E-state index is 0.0347. The Morgan fingerprint density at radius 3 is 2.48 bits per heavy atom. The Labute approximate surface area is 191 Å². The molecule has 2 saturated heterocycles. The zero-order chi connectivity index (χ0) is 24.4. The highest BCUT2D eigenvalue weighted by Gasteiger charge is 2.52. The van der Waals surface area contributed by atoms with Gasteiger partial charge in [0.1, 0.15) is 6.61 Å². The van der Waals surface area contributed by atoms with Crippen molar-refractivity contribution in [2.75, 3.05) is 58.4 Å². The number of ether oxygens (including phenoxy) is 1. The molecule has 1 aromatic rings. The summed E-state index contributed by atoms with van der Waals surface area (Å²) in [6, 6.07) is 5.35. The molecule has 2 aliphatic heterocycles. The number of rotatable bonds is 5. The van der Waals surface area contributed by atoms with Crippen molar-refractivity contribution in [2.24, 2.45) is 11.3 Å². The fourth-order valence-electron chi connectivity index (χ4n) is 4.87. The van der Waals surface area contributed by atoms with E-state index < -0.39 is 22.7 Å². The lowest BCUT2D eigenvalue weighted by Crippen LogP contribution is -2.48. The van der Waals surface area contributed by atoms with E-state index in [0.29, 0.717) is 51.3 Å². The van der Waals surface area contributed by atoms with Crippen molar-refractivity contribution in [3.8, 4) is 6.07 Å². The van der Waals surface area contributed by atoms with Crippen molar-refractivity contribution < 1.29 is 27.5 Å². The van der Waals surface area contributed by atoms with Crippen molar-refractivity contribution in [3.63, 3.8) is 0 Å². The van der Waals surface area contributed by atoms with Gasteiger partial charge >= 0.3 is 6.18 Å². The van der Waals surface area contributed by atoms with Crippen LogP contribution in [0.1, 0.15) is 30.9 Å². The van der Waals surface area contributed by atoms with Crippen LogP contribution in [0.3, 0.4) is 0 Å². The van der Waals surface area contributed by atoms with Crippen molar-refractivity contribution >= 4 is 17.5 Å². The zero-order valence-electron chi connectivity index (χ0n) is 19.1. The Morgan fingerprint density at radius 1 is 1.27 bits per heavy atom. The number of piperidine rings is 1. The number of anilines is 1. The molecule has 2 heterocycles. The maximum atomic E-state index is 13.4. The monoisotopic (exact) mass is 466 g/mol. The molecule has 2 amide bonds. The normalized spacial score (nSPS) is 20.1. The van der Waals surface area contributed by atoms with E-state index in [0.717, 1.165) is 6.07 Å². The molecule has 0 N–H and O–H groups in total. The van der Waals surface area contributed by atoms with Gasteiger partial charge in [-0.3, -0.25) is 9.59 Å². The van der Waals surface area contributed by atoms with Crippen LogP contribution in [0.2, 0.25) is 0 Å². The maximum absolute atomic E-state index is 13.4. The van der Waals surface area contributed by atoms with Crippen molar-refractivity contribution in [1.29, 1.82) is 5.26 Å². The fourth-order valence-corrected chi connectivity index (χ4v) is 4.87. The first-order valence-corrected chi connectivity index (χ1v) is 11.0. The number of hydrogen-bond donors (Lipinski definition) is 0. The molecule has 180 valence electrons. The number of alkyl halides is 3. The third-order valence-corrected chi connectivity index (χ3v) is 6.72. The second kappa shape index (κ2) is 9.59. The first-order valence-electron chi connectivity index (χ1n) is 11.0. The minimum Gasteiger partial charge on any atom is -0.372 e. The SMILES string of the molecule is CCOCC(=O)N1CC(C(=O)N(C)C)C2(CCN(c3ccc(C#N)c(C(F)(F)F)c3)CC2)C1. The van der Waals surface area contributed by atoms with E-state index >= 15 is 0 Å². The number of amides is 2. The van der Waals surface area contributed by atoms with Gasteiger partial charge in [0, 0.05) is 58.0 Å². The van der Waals surface area contributed by atoms with Gasteiger partial charge in [0.05, 0.1) is 23.1 Å². The van der Waals surface area contributed by atoms with Gasteiger partial charge in [-0.15, -0.1) is 0 Å². The summed E-state index contributed by atoms with van der Waals surface area (Å²) < 4.78 is 45.4. The summed E-state index contributed by atoms with van der Waals surface area (Å²) in [4.78, 5) is 30.6. The van der Waals surface area contributed by atoms with Crippen LogP contribution >= 0.6 is 0 Å². The Bertz CT molecular complexity index is 934.